The molecule has 0 saturated carbocycles. The zero-order valence-electron chi connectivity index (χ0n) is 16.7. The molecule has 1 aliphatic heterocycles. The molecule has 1 fully saturated rings. The Morgan fingerprint density at radius 1 is 1.21 bits per heavy atom. The summed E-state index contributed by atoms with van der Waals surface area (Å²) >= 11 is 0. The third-order valence-corrected chi connectivity index (χ3v) is 5.60. The highest BCUT2D eigenvalue weighted by Crippen LogP contribution is 2.37. The first kappa shape index (κ1) is 18.5. The fraction of sp³-hybridized carbons (Fsp3) is 0.409. The summed E-state index contributed by atoms with van der Waals surface area (Å²) in [5.41, 5.74) is 4.78. The molecule has 3 heterocycles. The van der Waals surface area contributed by atoms with Crippen LogP contribution in [-0.4, -0.2) is 32.3 Å². The Bertz CT molecular complexity index is 974. The molecule has 6 nitrogen and oxygen atoms in total. The average Bonchev–Trinajstić information content (AvgIpc) is 3.25. The van der Waals surface area contributed by atoms with E-state index in [1.165, 1.54) is 0 Å². The fourth-order valence-corrected chi connectivity index (χ4v) is 3.98. The number of piperidine rings is 1. The number of aromatic nitrogens is 3. The summed E-state index contributed by atoms with van der Waals surface area (Å²) in [6.07, 6.45) is 5.41. The molecule has 1 amide bonds. The van der Waals surface area contributed by atoms with Gasteiger partial charge in [-0.25, -0.2) is 0 Å². The van der Waals surface area contributed by atoms with Crippen LogP contribution in [0, 0.1) is 13.8 Å². The lowest BCUT2D eigenvalue weighted by molar-refractivity contribution is -0.134. The maximum atomic E-state index is 13.1. The van der Waals surface area contributed by atoms with E-state index in [9.17, 15) is 4.79 Å². The van der Waals surface area contributed by atoms with E-state index in [4.69, 9.17) is 9.62 Å². The Balaban J connectivity index is 1.67. The van der Waals surface area contributed by atoms with Gasteiger partial charge in [-0.15, -0.1) is 0 Å². The minimum absolute atomic E-state index is 0.0361. The highest BCUT2D eigenvalue weighted by atomic mass is 16.5. The van der Waals surface area contributed by atoms with Gasteiger partial charge < -0.3 is 9.42 Å². The summed E-state index contributed by atoms with van der Waals surface area (Å²) in [7, 11) is 1.91. The van der Waals surface area contributed by atoms with Crippen LogP contribution < -0.4 is 0 Å². The molecule has 2 aromatic heterocycles. The smallest absolute Gasteiger partial charge is 0.227 e. The molecule has 6 heteroatoms. The van der Waals surface area contributed by atoms with Crippen molar-refractivity contribution in [2.24, 2.45) is 7.05 Å². The molecule has 1 saturated heterocycles. The Hall–Kier alpha value is -2.89. The molecule has 4 rings (SSSR count). The molecule has 0 radical (unpaired) electrons. The van der Waals surface area contributed by atoms with Crippen LogP contribution in [0.3, 0.4) is 0 Å². The number of hydrogen-bond donors (Lipinski definition) is 0. The Morgan fingerprint density at radius 3 is 2.71 bits per heavy atom. The molecular formula is C22H26N4O2. The van der Waals surface area contributed by atoms with Crippen LogP contribution in [0.25, 0.3) is 11.3 Å². The SMILES string of the molecule is Cc1noc(-c2cn(C)nc2C2CCCCN2C(=O)Cc2ccccc2)c1C. The molecule has 1 aliphatic rings. The molecule has 1 aromatic carbocycles. The Morgan fingerprint density at radius 2 is 2.00 bits per heavy atom. The number of aryl methyl sites for hydroxylation is 2. The monoisotopic (exact) mass is 378 g/mol. The van der Waals surface area contributed by atoms with Gasteiger partial charge in [0.2, 0.25) is 5.91 Å². The van der Waals surface area contributed by atoms with Crippen LogP contribution in [0.4, 0.5) is 0 Å². The largest absolute Gasteiger partial charge is 0.356 e. The first-order valence-electron chi connectivity index (χ1n) is 9.84. The standard InChI is InChI=1S/C22H26N4O2/c1-15-16(2)24-28-22(15)18-14-25(3)23-21(18)19-11-7-8-12-26(19)20(27)13-17-9-5-4-6-10-17/h4-6,9-10,14,19H,7-8,11-13H2,1-3H3. The summed E-state index contributed by atoms with van der Waals surface area (Å²) in [6, 6.07) is 9.89. The van der Waals surface area contributed by atoms with E-state index >= 15 is 0 Å². The van der Waals surface area contributed by atoms with Crippen LogP contribution in [0.2, 0.25) is 0 Å². The predicted octanol–water partition coefficient (Wildman–Crippen LogP) is 3.99. The van der Waals surface area contributed by atoms with Gasteiger partial charge >= 0.3 is 0 Å². The molecule has 1 atom stereocenters. The number of amides is 1. The zero-order valence-corrected chi connectivity index (χ0v) is 16.7. The van der Waals surface area contributed by atoms with E-state index in [1.54, 1.807) is 4.68 Å². The second-order valence-corrected chi connectivity index (χ2v) is 7.58. The van der Waals surface area contributed by atoms with Crippen molar-refractivity contribution in [1.82, 2.24) is 19.8 Å². The van der Waals surface area contributed by atoms with E-state index in [-0.39, 0.29) is 11.9 Å². The van der Waals surface area contributed by atoms with E-state index in [0.29, 0.717) is 6.42 Å². The van der Waals surface area contributed by atoms with Gasteiger partial charge in [0.15, 0.2) is 5.76 Å². The number of carbonyl (C=O) groups excluding carboxylic acids is 1. The topological polar surface area (TPSA) is 64.2 Å². The molecule has 3 aromatic rings. The third-order valence-electron chi connectivity index (χ3n) is 5.60. The van der Waals surface area contributed by atoms with Crippen molar-refractivity contribution in [1.29, 1.82) is 0 Å². The summed E-state index contributed by atoms with van der Waals surface area (Å²) < 4.78 is 7.41. The van der Waals surface area contributed by atoms with Gasteiger partial charge in [-0.1, -0.05) is 35.5 Å². The van der Waals surface area contributed by atoms with Gasteiger partial charge in [-0.2, -0.15) is 5.10 Å². The molecule has 0 N–H and O–H groups in total. The van der Waals surface area contributed by atoms with Crippen molar-refractivity contribution in [2.75, 3.05) is 6.54 Å². The summed E-state index contributed by atoms with van der Waals surface area (Å²) in [5.74, 6) is 0.902. The minimum Gasteiger partial charge on any atom is -0.356 e. The fourth-order valence-electron chi connectivity index (χ4n) is 3.98. The zero-order chi connectivity index (χ0) is 19.7. The average molecular weight is 378 g/mol. The Labute approximate surface area is 165 Å². The van der Waals surface area contributed by atoms with Gasteiger partial charge in [0.1, 0.15) is 0 Å². The van der Waals surface area contributed by atoms with Gasteiger partial charge in [0, 0.05) is 25.4 Å². The van der Waals surface area contributed by atoms with Crippen molar-refractivity contribution >= 4 is 5.91 Å². The van der Waals surface area contributed by atoms with E-state index in [2.05, 4.69) is 5.16 Å². The summed E-state index contributed by atoms with van der Waals surface area (Å²) in [6.45, 7) is 4.71. The lowest BCUT2D eigenvalue weighted by atomic mass is 9.94. The van der Waals surface area contributed by atoms with Gasteiger partial charge in [0.05, 0.1) is 29.4 Å². The number of carbonyl (C=O) groups is 1. The molecule has 28 heavy (non-hydrogen) atoms. The molecular weight excluding hydrogens is 352 g/mol. The highest BCUT2D eigenvalue weighted by Gasteiger charge is 2.33. The van der Waals surface area contributed by atoms with Crippen molar-refractivity contribution in [3.63, 3.8) is 0 Å². The van der Waals surface area contributed by atoms with Crippen LogP contribution >= 0.6 is 0 Å². The van der Waals surface area contributed by atoms with Gasteiger partial charge in [-0.3, -0.25) is 9.48 Å². The molecule has 146 valence electrons. The van der Waals surface area contributed by atoms with Crippen LogP contribution in [0.5, 0.6) is 0 Å². The third kappa shape index (κ3) is 3.46. The summed E-state index contributed by atoms with van der Waals surface area (Å²) in [5, 5.41) is 8.84. The van der Waals surface area contributed by atoms with Crippen LogP contribution in [0.15, 0.2) is 41.1 Å². The Kier molecular flexibility index (Phi) is 5.03. The number of benzene rings is 1. The van der Waals surface area contributed by atoms with E-state index < -0.39 is 0 Å². The molecule has 0 aliphatic carbocycles. The van der Waals surface area contributed by atoms with Gasteiger partial charge in [0.25, 0.3) is 0 Å². The minimum atomic E-state index is -0.0361. The maximum absolute atomic E-state index is 13.1. The lowest BCUT2D eigenvalue weighted by Gasteiger charge is -2.35. The highest BCUT2D eigenvalue weighted by molar-refractivity contribution is 5.79. The number of rotatable bonds is 4. The molecule has 0 bridgehead atoms. The summed E-state index contributed by atoms with van der Waals surface area (Å²) in [4.78, 5) is 15.1. The second-order valence-electron chi connectivity index (χ2n) is 7.58. The maximum Gasteiger partial charge on any atom is 0.227 e. The quantitative estimate of drug-likeness (QED) is 0.689. The number of hydrogen-bond acceptors (Lipinski definition) is 4. The van der Waals surface area contributed by atoms with Crippen molar-refractivity contribution in [3.05, 3.63) is 59.0 Å². The molecule has 0 spiro atoms. The van der Waals surface area contributed by atoms with Crippen LogP contribution in [0.1, 0.15) is 47.8 Å². The first-order chi connectivity index (χ1) is 13.5. The van der Waals surface area contributed by atoms with Gasteiger partial charge in [-0.05, 0) is 38.7 Å². The van der Waals surface area contributed by atoms with Crippen LogP contribution in [-0.2, 0) is 18.3 Å². The normalized spacial score (nSPS) is 17.1. The number of likely N-dealkylation sites (tertiary alicyclic amines) is 1. The van der Waals surface area contributed by atoms with Crippen molar-refractivity contribution in [2.45, 2.75) is 45.6 Å². The van der Waals surface area contributed by atoms with E-state index in [0.717, 1.165) is 59.6 Å². The van der Waals surface area contributed by atoms with E-state index in [1.807, 2.05) is 62.3 Å². The number of nitrogens with zero attached hydrogens (tertiary/aromatic N) is 4. The lowest BCUT2D eigenvalue weighted by Crippen LogP contribution is -2.39. The predicted molar refractivity (Wildman–Crippen MR) is 107 cm³/mol. The van der Waals surface area contributed by atoms with Crippen molar-refractivity contribution in [3.8, 4) is 11.3 Å². The molecule has 1 unspecified atom stereocenters. The first-order valence-corrected chi connectivity index (χ1v) is 9.84. The van der Waals surface area contributed by atoms with Crippen molar-refractivity contribution < 1.29 is 9.32 Å². The second kappa shape index (κ2) is 7.62.